The van der Waals surface area contributed by atoms with Gasteiger partial charge in [0.2, 0.25) is 0 Å². The van der Waals surface area contributed by atoms with E-state index in [4.69, 9.17) is 0 Å². The van der Waals surface area contributed by atoms with Crippen molar-refractivity contribution < 1.29 is 4.79 Å². The van der Waals surface area contributed by atoms with Crippen molar-refractivity contribution >= 4 is 22.8 Å². The first-order chi connectivity index (χ1) is 9.88. The van der Waals surface area contributed by atoms with Crippen molar-refractivity contribution in [1.82, 2.24) is 5.32 Å². The normalized spacial score (nSPS) is 18.7. The highest BCUT2D eigenvalue weighted by atomic mass is 32.1. The van der Waals surface area contributed by atoms with Crippen molar-refractivity contribution in [3.63, 3.8) is 0 Å². The molecule has 1 atom stereocenters. The van der Waals surface area contributed by atoms with Crippen LogP contribution in [0.2, 0.25) is 0 Å². The molecule has 0 bridgehead atoms. The van der Waals surface area contributed by atoms with Crippen LogP contribution in [-0.2, 0) is 0 Å². The van der Waals surface area contributed by atoms with Gasteiger partial charge in [0, 0.05) is 10.9 Å². The van der Waals surface area contributed by atoms with Crippen molar-refractivity contribution in [2.45, 2.75) is 47.1 Å². The molecular formula is C18H25NOS. The van der Waals surface area contributed by atoms with Gasteiger partial charge >= 0.3 is 0 Å². The molecule has 1 heterocycles. The van der Waals surface area contributed by atoms with Crippen LogP contribution in [0, 0.1) is 11.8 Å². The van der Waals surface area contributed by atoms with Crippen LogP contribution in [0.1, 0.15) is 55.6 Å². The van der Waals surface area contributed by atoms with Gasteiger partial charge in [-0.3, -0.25) is 4.79 Å². The second-order valence-corrected chi connectivity index (χ2v) is 7.50. The van der Waals surface area contributed by atoms with Crippen LogP contribution < -0.4 is 5.32 Å². The highest BCUT2D eigenvalue weighted by Gasteiger charge is 2.20. The summed E-state index contributed by atoms with van der Waals surface area (Å²) in [7, 11) is 0. The lowest BCUT2D eigenvalue weighted by atomic mass is 9.83. The van der Waals surface area contributed by atoms with E-state index in [1.165, 1.54) is 16.0 Å². The van der Waals surface area contributed by atoms with Crippen LogP contribution in [0.3, 0.4) is 0 Å². The molecule has 0 fully saturated rings. The number of carbonyl (C=O) groups excluding carboxylic acids is 1. The Morgan fingerprint density at radius 2 is 1.95 bits per heavy atom. The largest absolute Gasteiger partial charge is 0.349 e. The van der Waals surface area contributed by atoms with Crippen molar-refractivity contribution in [3.05, 3.63) is 39.6 Å². The Hall–Kier alpha value is -1.35. The molecular weight excluding hydrogens is 278 g/mol. The molecule has 1 amide bonds. The minimum absolute atomic E-state index is 0.0312. The van der Waals surface area contributed by atoms with Gasteiger partial charge in [0.1, 0.15) is 0 Å². The average molecular weight is 303 g/mol. The fourth-order valence-electron chi connectivity index (χ4n) is 2.59. The number of carbonyl (C=O) groups is 1. The second kappa shape index (κ2) is 6.61. The van der Waals surface area contributed by atoms with Crippen molar-refractivity contribution in [2.75, 3.05) is 0 Å². The SMILES string of the molecule is CC(C)NC(=O)c1ccc(C2=CC=C(C(C)C)CC2C)s1. The van der Waals surface area contributed by atoms with Crippen LogP contribution in [0.4, 0.5) is 0 Å². The predicted octanol–water partition coefficient (Wildman–Crippen LogP) is 4.89. The molecule has 1 aliphatic rings. The maximum Gasteiger partial charge on any atom is 0.261 e. The van der Waals surface area contributed by atoms with Gasteiger partial charge in [-0.25, -0.2) is 0 Å². The molecule has 0 aromatic carbocycles. The second-order valence-electron chi connectivity index (χ2n) is 6.42. The summed E-state index contributed by atoms with van der Waals surface area (Å²) in [6, 6.07) is 4.19. The van der Waals surface area contributed by atoms with Crippen LogP contribution >= 0.6 is 11.3 Å². The van der Waals surface area contributed by atoms with E-state index in [-0.39, 0.29) is 11.9 Å². The van der Waals surface area contributed by atoms with Crippen molar-refractivity contribution in [1.29, 1.82) is 0 Å². The highest BCUT2D eigenvalue weighted by Crippen LogP contribution is 2.37. The zero-order chi connectivity index (χ0) is 15.6. The zero-order valence-electron chi connectivity index (χ0n) is 13.6. The van der Waals surface area contributed by atoms with E-state index in [0.717, 1.165) is 11.3 Å². The minimum Gasteiger partial charge on any atom is -0.349 e. The third-order valence-electron chi connectivity index (χ3n) is 3.83. The number of hydrogen-bond donors (Lipinski definition) is 1. The topological polar surface area (TPSA) is 29.1 Å². The number of allylic oxidation sites excluding steroid dienone is 4. The Labute approximate surface area is 132 Å². The van der Waals surface area contributed by atoms with E-state index in [1.54, 1.807) is 11.3 Å². The molecule has 114 valence electrons. The van der Waals surface area contributed by atoms with Gasteiger partial charge in [0.25, 0.3) is 5.91 Å². The summed E-state index contributed by atoms with van der Waals surface area (Å²) in [4.78, 5) is 14.1. The number of rotatable bonds is 4. The molecule has 0 spiro atoms. The molecule has 2 nitrogen and oxygen atoms in total. The van der Waals surface area contributed by atoms with E-state index in [1.807, 2.05) is 19.9 Å². The van der Waals surface area contributed by atoms with E-state index >= 15 is 0 Å². The first kappa shape index (κ1) is 16.0. The smallest absolute Gasteiger partial charge is 0.261 e. The van der Waals surface area contributed by atoms with Crippen molar-refractivity contribution in [2.24, 2.45) is 11.8 Å². The summed E-state index contributed by atoms with van der Waals surface area (Å²) in [5, 5.41) is 2.95. The maximum atomic E-state index is 12.0. The summed E-state index contributed by atoms with van der Waals surface area (Å²) >= 11 is 1.59. The molecule has 1 aromatic rings. The third-order valence-corrected chi connectivity index (χ3v) is 4.96. The summed E-state index contributed by atoms with van der Waals surface area (Å²) < 4.78 is 0. The van der Waals surface area contributed by atoms with E-state index in [9.17, 15) is 4.79 Å². The van der Waals surface area contributed by atoms with Crippen LogP contribution in [0.25, 0.3) is 5.57 Å². The fraction of sp³-hybridized carbons (Fsp3) is 0.500. The Balaban J connectivity index is 2.20. The quantitative estimate of drug-likeness (QED) is 0.843. The van der Waals surface area contributed by atoms with Gasteiger partial charge < -0.3 is 5.32 Å². The third kappa shape index (κ3) is 3.85. The lowest BCUT2D eigenvalue weighted by Gasteiger charge is -2.23. The van der Waals surface area contributed by atoms with Crippen LogP contribution in [-0.4, -0.2) is 11.9 Å². The van der Waals surface area contributed by atoms with E-state index in [2.05, 4.69) is 44.3 Å². The molecule has 1 unspecified atom stereocenters. The Morgan fingerprint density at radius 1 is 1.24 bits per heavy atom. The molecule has 1 aromatic heterocycles. The monoisotopic (exact) mass is 303 g/mol. The Morgan fingerprint density at radius 3 is 2.52 bits per heavy atom. The molecule has 1 aliphatic carbocycles. The van der Waals surface area contributed by atoms with Crippen molar-refractivity contribution in [3.8, 4) is 0 Å². The van der Waals surface area contributed by atoms with Gasteiger partial charge in [0.05, 0.1) is 4.88 Å². The molecule has 21 heavy (non-hydrogen) atoms. The first-order valence-electron chi connectivity index (χ1n) is 7.70. The Kier molecular flexibility index (Phi) is 5.04. The highest BCUT2D eigenvalue weighted by molar-refractivity contribution is 7.15. The zero-order valence-corrected chi connectivity index (χ0v) is 14.4. The lowest BCUT2D eigenvalue weighted by Crippen LogP contribution is -2.29. The minimum atomic E-state index is 0.0312. The molecule has 0 saturated heterocycles. The predicted molar refractivity (Wildman–Crippen MR) is 91.6 cm³/mol. The number of nitrogens with one attached hydrogen (secondary N) is 1. The van der Waals surface area contributed by atoms with Gasteiger partial charge in [-0.1, -0.05) is 38.5 Å². The molecule has 1 N–H and O–H groups in total. The molecule has 0 radical (unpaired) electrons. The summed E-state index contributed by atoms with van der Waals surface area (Å²) in [6.45, 7) is 10.7. The maximum absolute atomic E-state index is 12.0. The fourth-order valence-corrected chi connectivity index (χ4v) is 3.64. The lowest BCUT2D eigenvalue weighted by molar-refractivity contribution is 0.0947. The number of amides is 1. The molecule has 3 heteroatoms. The van der Waals surface area contributed by atoms with E-state index < -0.39 is 0 Å². The summed E-state index contributed by atoms with van der Waals surface area (Å²) in [5.41, 5.74) is 2.87. The standard InChI is InChI=1S/C18H25NOS/c1-11(2)14-6-7-15(13(5)10-14)16-8-9-17(21-16)18(20)19-12(3)4/h6-9,11-13H,10H2,1-5H3,(H,19,20). The summed E-state index contributed by atoms with van der Waals surface area (Å²) in [6.07, 6.45) is 5.61. The van der Waals surface area contributed by atoms with Gasteiger partial charge in [-0.2, -0.15) is 0 Å². The average Bonchev–Trinajstić information content (AvgIpc) is 2.87. The number of thiophene rings is 1. The van der Waals surface area contributed by atoms with Crippen LogP contribution in [0.5, 0.6) is 0 Å². The molecule has 2 rings (SSSR count). The Bertz CT molecular complexity index is 578. The van der Waals surface area contributed by atoms with Gasteiger partial charge in [-0.05, 0) is 49.8 Å². The van der Waals surface area contributed by atoms with Crippen LogP contribution in [0.15, 0.2) is 29.9 Å². The number of hydrogen-bond acceptors (Lipinski definition) is 2. The molecule has 0 aliphatic heterocycles. The summed E-state index contributed by atoms with van der Waals surface area (Å²) in [5.74, 6) is 1.16. The van der Waals surface area contributed by atoms with E-state index in [0.29, 0.717) is 11.8 Å². The molecule has 0 saturated carbocycles. The first-order valence-corrected chi connectivity index (χ1v) is 8.51. The van der Waals surface area contributed by atoms with Gasteiger partial charge in [0.15, 0.2) is 0 Å². The van der Waals surface area contributed by atoms with Gasteiger partial charge in [-0.15, -0.1) is 11.3 Å².